The molecule has 0 radical (unpaired) electrons. The van der Waals surface area contributed by atoms with Crippen LogP contribution in [0.25, 0.3) is 16.0 Å². The Kier molecular flexibility index (Phi) is 3.03. The lowest BCUT2D eigenvalue weighted by atomic mass is 10.3. The van der Waals surface area contributed by atoms with Crippen molar-refractivity contribution in [2.75, 3.05) is 0 Å². The number of carbonyl (C=O) groups is 1. The second-order valence-corrected chi connectivity index (χ2v) is 4.15. The number of thiazole rings is 1. The minimum atomic E-state index is -0.677. The average molecular weight is 245 g/mol. The lowest BCUT2D eigenvalue weighted by Crippen LogP contribution is -2.14. The summed E-state index contributed by atoms with van der Waals surface area (Å²) in [7, 11) is 0. The Balaban J connectivity index is 2.34. The summed E-state index contributed by atoms with van der Waals surface area (Å²) in [6.45, 7) is 0. The molecule has 0 unspecified atom stereocenters. The number of hydrogen-bond acceptors (Lipinski definition) is 5. The van der Waals surface area contributed by atoms with Crippen LogP contribution in [0.4, 0.5) is 0 Å². The van der Waals surface area contributed by atoms with Gasteiger partial charge in [0.1, 0.15) is 0 Å². The first-order chi connectivity index (χ1) is 8.20. The first-order valence-corrected chi connectivity index (χ1v) is 5.48. The number of carbonyl (C=O) groups excluding carboxylic acids is 1. The van der Waals surface area contributed by atoms with E-state index < -0.39 is 5.91 Å². The molecule has 17 heavy (non-hydrogen) atoms. The zero-order chi connectivity index (χ0) is 12.3. The molecule has 0 spiro atoms. The van der Waals surface area contributed by atoms with Gasteiger partial charge in [0.25, 0.3) is 5.91 Å². The summed E-state index contributed by atoms with van der Waals surface area (Å²) in [5.41, 5.74) is 0.758. The minimum Gasteiger partial charge on any atom is -0.505 e. The van der Waals surface area contributed by atoms with Gasteiger partial charge in [-0.25, -0.2) is 4.98 Å². The highest BCUT2D eigenvalue weighted by Gasteiger charge is 2.08. The Morgan fingerprint density at radius 2 is 2.29 bits per heavy atom. The molecule has 1 amide bonds. The van der Waals surface area contributed by atoms with E-state index in [2.05, 4.69) is 4.98 Å². The highest BCUT2D eigenvalue weighted by atomic mass is 32.1. The third kappa shape index (κ3) is 2.41. The third-order valence-corrected chi connectivity index (χ3v) is 3.02. The van der Waals surface area contributed by atoms with Gasteiger partial charge < -0.3 is 5.11 Å². The maximum atomic E-state index is 11.0. The van der Waals surface area contributed by atoms with Crippen molar-refractivity contribution in [3.63, 3.8) is 0 Å². The van der Waals surface area contributed by atoms with E-state index in [0.717, 1.165) is 16.3 Å². The van der Waals surface area contributed by atoms with Crippen molar-refractivity contribution in [3.8, 4) is 6.19 Å². The van der Waals surface area contributed by atoms with Crippen LogP contribution in [-0.4, -0.2) is 16.0 Å². The van der Waals surface area contributed by atoms with Gasteiger partial charge in [-0.1, -0.05) is 12.1 Å². The molecule has 0 aliphatic carbocycles. The maximum Gasteiger partial charge on any atom is 0.260 e. The lowest BCUT2D eigenvalue weighted by Gasteiger charge is -1.92. The molecule has 0 saturated carbocycles. The SMILES string of the molecule is N#CNC(=O)C=C(O)c1nc2ccccc2s1. The Morgan fingerprint density at radius 1 is 1.53 bits per heavy atom. The fourth-order valence-electron chi connectivity index (χ4n) is 1.26. The lowest BCUT2D eigenvalue weighted by molar-refractivity contribution is -0.115. The van der Waals surface area contributed by atoms with E-state index in [1.807, 2.05) is 29.6 Å². The Bertz CT molecular complexity index is 606. The zero-order valence-electron chi connectivity index (χ0n) is 8.54. The van der Waals surface area contributed by atoms with Crippen LogP contribution in [-0.2, 0) is 4.79 Å². The largest absolute Gasteiger partial charge is 0.505 e. The van der Waals surface area contributed by atoms with Crippen LogP contribution in [0.15, 0.2) is 30.3 Å². The van der Waals surface area contributed by atoms with Crippen molar-refractivity contribution >= 4 is 33.2 Å². The first-order valence-electron chi connectivity index (χ1n) is 4.66. The van der Waals surface area contributed by atoms with E-state index in [4.69, 9.17) is 5.26 Å². The quantitative estimate of drug-likeness (QED) is 0.365. The summed E-state index contributed by atoms with van der Waals surface area (Å²) in [6, 6.07) is 7.40. The number of fused-ring (bicyclic) bond motifs is 1. The Hall–Kier alpha value is -2.39. The van der Waals surface area contributed by atoms with E-state index in [0.29, 0.717) is 5.01 Å². The molecule has 84 valence electrons. The van der Waals surface area contributed by atoms with Gasteiger partial charge >= 0.3 is 0 Å². The van der Waals surface area contributed by atoms with Crippen molar-refractivity contribution in [3.05, 3.63) is 35.3 Å². The van der Waals surface area contributed by atoms with Crippen LogP contribution in [0.1, 0.15) is 5.01 Å². The summed E-state index contributed by atoms with van der Waals surface area (Å²) in [5.74, 6) is -0.928. The standard InChI is InChI=1S/C11H7N3O2S/c12-6-13-10(16)5-8(15)11-14-7-3-1-2-4-9(7)17-11/h1-5,15H,(H,13,16). The predicted molar refractivity (Wildman–Crippen MR) is 64.0 cm³/mol. The van der Waals surface area contributed by atoms with Crippen molar-refractivity contribution < 1.29 is 9.90 Å². The van der Waals surface area contributed by atoms with Crippen LogP contribution in [0.5, 0.6) is 0 Å². The van der Waals surface area contributed by atoms with Crippen molar-refractivity contribution in [1.82, 2.24) is 10.3 Å². The molecule has 0 saturated heterocycles. The van der Waals surface area contributed by atoms with Crippen LogP contribution in [0.2, 0.25) is 0 Å². The van der Waals surface area contributed by atoms with Gasteiger partial charge in [0, 0.05) is 6.08 Å². The van der Waals surface area contributed by atoms with E-state index in [-0.39, 0.29) is 5.76 Å². The van der Waals surface area contributed by atoms with Crippen LogP contribution in [0, 0.1) is 11.5 Å². The van der Waals surface area contributed by atoms with Gasteiger partial charge in [0.15, 0.2) is 17.0 Å². The van der Waals surface area contributed by atoms with E-state index in [1.54, 1.807) is 0 Å². The Labute approximate surface area is 101 Å². The fourth-order valence-corrected chi connectivity index (χ4v) is 2.14. The van der Waals surface area contributed by atoms with Gasteiger partial charge in [-0.05, 0) is 12.1 Å². The number of hydrogen-bond donors (Lipinski definition) is 2. The molecule has 1 heterocycles. The summed E-state index contributed by atoms with van der Waals surface area (Å²) in [6.07, 6.45) is 2.41. The van der Waals surface area contributed by atoms with Gasteiger partial charge in [-0.15, -0.1) is 11.3 Å². The highest BCUT2D eigenvalue weighted by Crippen LogP contribution is 2.25. The maximum absolute atomic E-state index is 11.0. The number of nitrogens with one attached hydrogen (secondary N) is 1. The molecular weight excluding hydrogens is 238 g/mol. The number of benzene rings is 1. The zero-order valence-corrected chi connectivity index (χ0v) is 9.36. The van der Waals surface area contributed by atoms with Gasteiger partial charge in [0.05, 0.1) is 10.2 Å². The molecule has 0 aliphatic heterocycles. The number of nitriles is 1. The predicted octanol–water partition coefficient (Wildman–Crippen LogP) is 1.79. The number of rotatable bonds is 2. The third-order valence-electron chi connectivity index (χ3n) is 1.96. The van der Waals surface area contributed by atoms with Crippen molar-refractivity contribution in [1.29, 1.82) is 5.26 Å². The Morgan fingerprint density at radius 3 is 3.00 bits per heavy atom. The number of para-hydroxylation sites is 1. The second-order valence-electron chi connectivity index (χ2n) is 3.12. The topological polar surface area (TPSA) is 86.0 Å². The normalized spacial score (nSPS) is 11.1. The van der Waals surface area contributed by atoms with Crippen molar-refractivity contribution in [2.45, 2.75) is 0 Å². The summed E-state index contributed by atoms with van der Waals surface area (Å²) in [4.78, 5) is 15.2. The summed E-state index contributed by atoms with van der Waals surface area (Å²) < 4.78 is 0.920. The number of aromatic nitrogens is 1. The minimum absolute atomic E-state index is 0.251. The molecule has 0 fully saturated rings. The highest BCUT2D eigenvalue weighted by molar-refractivity contribution is 7.19. The first kappa shape index (κ1) is 11.1. The molecule has 2 aromatic rings. The molecule has 2 rings (SSSR count). The number of aliphatic hydroxyl groups excluding tert-OH is 1. The fraction of sp³-hybridized carbons (Fsp3) is 0. The van der Waals surface area contributed by atoms with E-state index >= 15 is 0 Å². The van der Waals surface area contributed by atoms with Crippen molar-refractivity contribution in [2.24, 2.45) is 0 Å². The van der Waals surface area contributed by atoms with Crippen LogP contribution >= 0.6 is 11.3 Å². The second kappa shape index (κ2) is 4.63. The summed E-state index contributed by atoms with van der Waals surface area (Å²) >= 11 is 1.27. The van der Waals surface area contributed by atoms with Crippen LogP contribution in [0.3, 0.4) is 0 Å². The van der Waals surface area contributed by atoms with Gasteiger partial charge in [0.2, 0.25) is 0 Å². The average Bonchev–Trinajstić information content (AvgIpc) is 2.72. The molecule has 5 nitrogen and oxygen atoms in total. The summed E-state index contributed by atoms with van der Waals surface area (Å²) in [5, 5.41) is 20.1. The smallest absolute Gasteiger partial charge is 0.260 e. The monoisotopic (exact) mass is 245 g/mol. The van der Waals surface area contributed by atoms with E-state index in [9.17, 15) is 9.90 Å². The molecule has 1 aromatic heterocycles. The number of aliphatic hydroxyl groups is 1. The van der Waals surface area contributed by atoms with E-state index in [1.165, 1.54) is 17.5 Å². The molecule has 1 aromatic carbocycles. The van der Waals surface area contributed by atoms with Gasteiger partial charge in [-0.2, -0.15) is 5.26 Å². The molecule has 6 heteroatoms. The molecule has 0 atom stereocenters. The van der Waals surface area contributed by atoms with Gasteiger partial charge in [-0.3, -0.25) is 10.1 Å². The number of nitrogens with zero attached hydrogens (tertiary/aromatic N) is 2. The molecule has 0 aliphatic rings. The molecule has 0 bridgehead atoms. The molecular formula is C11H7N3O2S. The molecule has 2 N–H and O–H groups in total. The number of amides is 1. The van der Waals surface area contributed by atoms with Crippen LogP contribution < -0.4 is 5.32 Å².